The maximum absolute atomic E-state index is 12.0. The molecule has 18 heavy (non-hydrogen) atoms. The van der Waals surface area contributed by atoms with E-state index in [9.17, 15) is 4.79 Å². The van der Waals surface area contributed by atoms with E-state index in [1.165, 1.54) is 0 Å². The van der Waals surface area contributed by atoms with Gasteiger partial charge in [-0.2, -0.15) is 0 Å². The summed E-state index contributed by atoms with van der Waals surface area (Å²) in [7, 11) is 0. The van der Waals surface area contributed by atoms with Crippen molar-refractivity contribution in [3.05, 3.63) is 0 Å². The van der Waals surface area contributed by atoms with Crippen molar-refractivity contribution in [1.29, 1.82) is 0 Å². The van der Waals surface area contributed by atoms with Gasteiger partial charge in [0.1, 0.15) is 0 Å². The molecule has 2 heterocycles. The van der Waals surface area contributed by atoms with Gasteiger partial charge in [-0.25, -0.2) is 0 Å². The lowest BCUT2D eigenvalue weighted by Crippen LogP contribution is -2.46. The molecule has 2 fully saturated rings. The number of hydrogen-bond donors (Lipinski definition) is 1. The summed E-state index contributed by atoms with van der Waals surface area (Å²) in [4.78, 5) is 16.5. The zero-order valence-electron chi connectivity index (χ0n) is 12.0. The number of likely N-dealkylation sites (tertiary alicyclic amines) is 1. The van der Waals surface area contributed by atoms with E-state index in [0.29, 0.717) is 11.8 Å². The molecule has 1 unspecified atom stereocenters. The Morgan fingerprint density at radius 2 is 1.89 bits per heavy atom. The molecule has 0 bridgehead atoms. The van der Waals surface area contributed by atoms with Crippen LogP contribution in [0.2, 0.25) is 0 Å². The van der Waals surface area contributed by atoms with Crippen LogP contribution in [0.3, 0.4) is 0 Å². The molecule has 2 saturated heterocycles. The normalized spacial score (nSPS) is 26.9. The second kappa shape index (κ2) is 5.57. The minimum atomic E-state index is 0.249. The van der Waals surface area contributed by atoms with E-state index >= 15 is 0 Å². The summed E-state index contributed by atoms with van der Waals surface area (Å²) in [5, 5.41) is 3.36. The Labute approximate surface area is 111 Å². The van der Waals surface area contributed by atoms with E-state index in [1.54, 1.807) is 0 Å². The summed E-state index contributed by atoms with van der Waals surface area (Å²) in [5.74, 6) is 0.873. The smallest absolute Gasteiger partial charge is 0.222 e. The molecule has 1 atom stereocenters. The van der Waals surface area contributed by atoms with Crippen LogP contribution >= 0.6 is 0 Å². The molecule has 0 radical (unpaired) electrons. The SMILES string of the molecule is CC(C)(C)C1CC(=O)N(CCN2CCNCC2)C1. The molecule has 4 nitrogen and oxygen atoms in total. The summed E-state index contributed by atoms with van der Waals surface area (Å²) in [6.07, 6.45) is 0.741. The predicted molar refractivity (Wildman–Crippen MR) is 73.5 cm³/mol. The van der Waals surface area contributed by atoms with Gasteiger partial charge in [0, 0.05) is 52.2 Å². The Bertz CT molecular complexity index is 292. The van der Waals surface area contributed by atoms with Gasteiger partial charge in [0.15, 0.2) is 0 Å². The van der Waals surface area contributed by atoms with Crippen LogP contribution in [0.4, 0.5) is 0 Å². The number of piperazine rings is 1. The number of nitrogens with zero attached hydrogens (tertiary/aromatic N) is 2. The molecule has 0 aliphatic carbocycles. The lowest BCUT2D eigenvalue weighted by molar-refractivity contribution is -0.128. The third-order valence-electron chi connectivity index (χ3n) is 4.34. The van der Waals surface area contributed by atoms with Crippen LogP contribution < -0.4 is 5.32 Å². The van der Waals surface area contributed by atoms with E-state index in [1.807, 2.05) is 0 Å². The average molecular weight is 253 g/mol. The zero-order valence-corrected chi connectivity index (χ0v) is 12.0. The molecule has 0 saturated carbocycles. The van der Waals surface area contributed by atoms with Crippen LogP contribution in [0.15, 0.2) is 0 Å². The van der Waals surface area contributed by atoms with Crippen LogP contribution in [-0.2, 0) is 4.79 Å². The fourth-order valence-electron chi connectivity index (χ4n) is 2.77. The van der Waals surface area contributed by atoms with E-state index in [0.717, 1.165) is 52.2 Å². The van der Waals surface area contributed by atoms with E-state index in [2.05, 4.69) is 35.9 Å². The minimum absolute atomic E-state index is 0.249. The summed E-state index contributed by atoms with van der Waals surface area (Å²) < 4.78 is 0. The molecular formula is C14H27N3O. The highest BCUT2D eigenvalue weighted by molar-refractivity contribution is 5.78. The highest BCUT2D eigenvalue weighted by Gasteiger charge is 2.36. The van der Waals surface area contributed by atoms with E-state index in [-0.39, 0.29) is 5.41 Å². The Morgan fingerprint density at radius 3 is 2.44 bits per heavy atom. The summed E-state index contributed by atoms with van der Waals surface area (Å²) in [6.45, 7) is 14.0. The monoisotopic (exact) mass is 253 g/mol. The van der Waals surface area contributed by atoms with E-state index in [4.69, 9.17) is 0 Å². The van der Waals surface area contributed by atoms with Gasteiger partial charge in [-0.1, -0.05) is 20.8 Å². The van der Waals surface area contributed by atoms with Crippen molar-refractivity contribution in [1.82, 2.24) is 15.1 Å². The third-order valence-corrected chi connectivity index (χ3v) is 4.34. The van der Waals surface area contributed by atoms with Gasteiger partial charge in [-0.15, -0.1) is 0 Å². The maximum atomic E-state index is 12.0. The zero-order chi connectivity index (χ0) is 13.2. The van der Waals surface area contributed by atoms with Gasteiger partial charge in [0.2, 0.25) is 5.91 Å². The summed E-state index contributed by atoms with van der Waals surface area (Å²) in [6, 6.07) is 0. The topological polar surface area (TPSA) is 35.6 Å². The Hall–Kier alpha value is -0.610. The Morgan fingerprint density at radius 1 is 1.22 bits per heavy atom. The second-order valence-electron chi connectivity index (χ2n) is 6.70. The molecule has 0 aromatic carbocycles. The average Bonchev–Trinajstić information content (AvgIpc) is 2.69. The van der Waals surface area contributed by atoms with Gasteiger partial charge in [0.25, 0.3) is 0 Å². The van der Waals surface area contributed by atoms with Crippen molar-refractivity contribution in [3.63, 3.8) is 0 Å². The molecule has 2 aliphatic rings. The first-order chi connectivity index (χ1) is 8.47. The maximum Gasteiger partial charge on any atom is 0.222 e. The van der Waals surface area contributed by atoms with Crippen LogP contribution in [0.5, 0.6) is 0 Å². The van der Waals surface area contributed by atoms with Crippen LogP contribution in [0.25, 0.3) is 0 Å². The fraction of sp³-hybridized carbons (Fsp3) is 0.929. The van der Waals surface area contributed by atoms with Gasteiger partial charge in [-0.3, -0.25) is 9.69 Å². The number of nitrogens with one attached hydrogen (secondary N) is 1. The molecular weight excluding hydrogens is 226 g/mol. The van der Waals surface area contributed by atoms with Gasteiger partial charge in [-0.05, 0) is 11.3 Å². The lowest BCUT2D eigenvalue weighted by atomic mass is 9.80. The fourth-order valence-corrected chi connectivity index (χ4v) is 2.77. The molecule has 2 rings (SSSR count). The van der Waals surface area contributed by atoms with Gasteiger partial charge >= 0.3 is 0 Å². The molecule has 0 aromatic rings. The number of carbonyl (C=O) groups excluding carboxylic acids is 1. The molecule has 1 amide bonds. The number of carbonyl (C=O) groups is 1. The molecule has 1 N–H and O–H groups in total. The highest BCUT2D eigenvalue weighted by Crippen LogP contribution is 2.33. The lowest BCUT2D eigenvalue weighted by Gasteiger charge is -2.30. The third kappa shape index (κ3) is 3.45. The highest BCUT2D eigenvalue weighted by atomic mass is 16.2. The van der Waals surface area contributed by atoms with Crippen molar-refractivity contribution in [2.24, 2.45) is 11.3 Å². The van der Waals surface area contributed by atoms with Crippen LogP contribution in [0.1, 0.15) is 27.2 Å². The Kier molecular flexibility index (Phi) is 4.28. The van der Waals surface area contributed by atoms with Crippen molar-refractivity contribution in [2.75, 3.05) is 45.8 Å². The van der Waals surface area contributed by atoms with Crippen molar-refractivity contribution in [3.8, 4) is 0 Å². The quantitative estimate of drug-likeness (QED) is 0.807. The standard InChI is InChI=1S/C14H27N3O/c1-14(2,3)12-10-13(18)17(11-12)9-8-16-6-4-15-5-7-16/h12,15H,4-11H2,1-3H3. The number of hydrogen-bond acceptors (Lipinski definition) is 3. The molecule has 2 aliphatic heterocycles. The molecule has 4 heteroatoms. The first-order valence-corrected chi connectivity index (χ1v) is 7.17. The van der Waals surface area contributed by atoms with Crippen molar-refractivity contribution < 1.29 is 4.79 Å². The minimum Gasteiger partial charge on any atom is -0.341 e. The largest absolute Gasteiger partial charge is 0.341 e. The Balaban J connectivity index is 1.78. The summed E-state index contributed by atoms with van der Waals surface area (Å²) >= 11 is 0. The van der Waals surface area contributed by atoms with Gasteiger partial charge in [0.05, 0.1) is 0 Å². The summed E-state index contributed by atoms with van der Waals surface area (Å²) in [5.41, 5.74) is 0.249. The van der Waals surface area contributed by atoms with Crippen molar-refractivity contribution >= 4 is 5.91 Å². The molecule has 0 spiro atoms. The molecule has 0 aromatic heterocycles. The van der Waals surface area contributed by atoms with E-state index < -0.39 is 0 Å². The predicted octanol–water partition coefficient (Wildman–Crippen LogP) is 0.786. The first-order valence-electron chi connectivity index (χ1n) is 7.17. The van der Waals surface area contributed by atoms with Crippen LogP contribution in [-0.4, -0.2) is 61.5 Å². The second-order valence-corrected chi connectivity index (χ2v) is 6.70. The first kappa shape index (κ1) is 13.8. The number of amides is 1. The van der Waals surface area contributed by atoms with Crippen LogP contribution in [0, 0.1) is 11.3 Å². The number of rotatable bonds is 3. The van der Waals surface area contributed by atoms with Gasteiger partial charge < -0.3 is 10.2 Å². The molecule has 104 valence electrons. The van der Waals surface area contributed by atoms with Crippen molar-refractivity contribution in [2.45, 2.75) is 27.2 Å².